The van der Waals surface area contributed by atoms with Crippen LogP contribution >= 0.6 is 23.5 Å². The van der Waals surface area contributed by atoms with Gasteiger partial charge in [0.25, 0.3) is 0 Å². The molecule has 23 heavy (non-hydrogen) atoms. The molecular formula is C13H20N8S2. The van der Waals surface area contributed by atoms with Gasteiger partial charge in [-0.3, -0.25) is 0 Å². The number of hydrazone groups is 2. The zero-order chi connectivity index (χ0) is 16.9. The van der Waals surface area contributed by atoms with Crippen molar-refractivity contribution in [3.8, 4) is 0 Å². The third-order valence-corrected chi connectivity index (χ3v) is 5.18. The highest BCUT2D eigenvalue weighted by Crippen LogP contribution is 2.22. The van der Waals surface area contributed by atoms with Gasteiger partial charge >= 0.3 is 0 Å². The first-order valence-corrected chi connectivity index (χ1v) is 8.80. The van der Waals surface area contributed by atoms with E-state index in [0.29, 0.717) is 17.4 Å². The number of nitrogens with one attached hydrogen (secondary N) is 2. The summed E-state index contributed by atoms with van der Waals surface area (Å²) in [5.41, 5.74) is 15.2. The number of thioether (sulfide) groups is 2. The molecule has 0 aliphatic heterocycles. The highest BCUT2D eigenvalue weighted by atomic mass is 32.2. The number of benzene rings is 1. The fourth-order valence-corrected chi connectivity index (χ4v) is 3.58. The fraction of sp³-hybridized carbons (Fsp3) is 0.385. The molecular weight excluding hydrogens is 332 g/mol. The minimum atomic E-state index is 0.248. The molecule has 0 radical (unpaired) electrons. The molecule has 0 saturated carbocycles. The zero-order valence-corrected chi connectivity index (χ0v) is 14.2. The largest absolute Gasteiger partial charge is 0.321 e. The van der Waals surface area contributed by atoms with Crippen LogP contribution in [0.2, 0.25) is 0 Å². The van der Waals surface area contributed by atoms with E-state index in [1.54, 1.807) is 0 Å². The van der Waals surface area contributed by atoms with Crippen molar-refractivity contribution >= 4 is 33.9 Å². The molecule has 10 heteroatoms. The first-order valence-electron chi connectivity index (χ1n) is 6.83. The monoisotopic (exact) mass is 352 g/mol. The molecule has 6 N–H and O–H groups in total. The Labute approximate surface area is 143 Å². The molecule has 0 aromatic heterocycles. The van der Waals surface area contributed by atoms with E-state index >= 15 is 0 Å². The summed E-state index contributed by atoms with van der Waals surface area (Å²) in [5.74, 6) is 12.1. The Balaban J connectivity index is 2.59. The highest BCUT2D eigenvalue weighted by Gasteiger charge is 2.13. The van der Waals surface area contributed by atoms with Crippen LogP contribution in [0.3, 0.4) is 0 Å². The molecule has 0 bridgehead atoms. The van der Waals surface area contributed by atoms with Gasteiger partial charge in [0.2, 0.25) is 10.3 Å². The lowest BCUT2D eigenvalue weighted by molar-refractivity contribution is 0.607. The lowest BCUT2D eigenvalue weighted by Crippen LogP contribution is -2.12. The van der Waals surface area contributed by atoms with E-state index in [1.165, 1.54) is 29.1 Å². The fourth-order valence-electron chi connectivity index (χ4n) is 1.81. The smallest absolute Gasteiger partial charge is 0.226 e. The van der Waals surface area contributed by atoms with Gasteiger partial charge in [-0.25, -0.2) is 11.1 Å². The quantitative estimate of drug-likeness (QED) is 0.196. The van der Waals surface area contributed by atoms with Crippen LogP contribution in [0, 0.1) is 17.0 Å². The van der Waals surface area contributed by atoms with Crippen LogP contribution in [-0.4, -0.2) is 21.8 Å². The summed E-state index contributed by atoms with van der Waals surface area (Å²) in [5, 5.41) is 13.9. The number of hydrogen-bond donors (Lipinski definition) is 4. The maximum Gasteiger partial charge on any atom is 0.226 e. The Morgan fingerprint density at radius 2 is 1.48 bits per heavy atom. The Morgan fingerprint density at radius 1 is 0.957 bits per heavy atom. The first-order chi connectivity index (χ1) is 11.2. The molecule has 0 spiro atoms. The van der Waals surface area contributed by atoms with E-state index in [1.807, 2.05) is 18.2 Å². The van der Waals surface area contributed by atoms with Gasteiger partial charge < -0.3 is 11.7 Å². The van der Waals surface area contributed by atoms with Crippen molar-refractivity contribution < 1.29 is 0 Å². The number of hydrogen-bond acceptors (Lipinski definition) is 8. The van der Waals surface area contributed by atoms with E-state index in [4.69, 9.17) is 22.7 Å². The van der Waals surface area contributed by atoms with Crippen molar-refractivity contribution in [3.05, 3.63) is 35.9 Å². The second-order valence-corrected chi connectivity index (χ2v) is 6.53. The third-order valence-electron chi connectivity index (χ3n) is 2.99. The average Bonchev–Trinajstić information content (AvgIpc) is 2.61. The lowest BCUT2D eigenvalue weighted by atomic mass is 10.0. The lowest BCUT2D eigenvalue weighted by Gasteiger charge is -2.15. The maximum atomic E-state index is 6.98. The Hall–Kier alpha value is -1.94. The molecule has 0 fully saturated rings. The normalized spacial score (nSPS) is 13.6. The molecule has 1 aromatic rings. The SMILES string of the molecule is N=NC(=NN)SCC(CCc1ccccc1)CSC(N=N)=NN. The highest BCUT2D eigenvalue weighted by molar-refractivity contribution is 8.14. The minimum absolute atomic E-state index is 0.248. The van der Waals surface area contributed by atoms with Gasteiger partial charge in [-0.05, 0) is 24.3 Å². The molecule has 1 aromatic carbocycles. The van der Waals surface area contributed by atoms with Gasteiger partial charge in [0, 0.05) is 11.5 Å². The third kappa shape index (κ3) is 7.75. The maximum absolute atomic E-state index is 6.98. The number of nitrogens with zero attached hydrogens (tertiary/aromatic N) is 4. The van der Waals surface area contributed by atoms with Crippen molar-refractivity contribution in [2.45, 2.75) is 12.8 Å². The number of amidine groups is 2. The predicted octanol–water partition coefficient (Wildman–Crippen LogP) is 3.22. The van der Waals surface area contributed by atoms with Gasteiger partial charge in [-0.1, -0.05) is 53.9 Å². The predicted molar refractivity (Wildman–Crippen MR) is 96.7 cm³/mol. The second-order valence-electron chi connectivity index (χ2n) is 4.56. The second kappa shape index (κ2) is 11.6. The topological polar surface area (TPSA) is 149 Å². The molecule has 1 rings (SSSR count). The summed E-state index contributed by atoms with van der Waals surface area (Å²) in [6.07, 6.45) is 1.88. The zero-order valence-electron chi connectivity index (χ0n) is 12.6. The van der Waals surface area contributed by atoms with Crippen molar-refractivity contribution in [2.75, 3.05) is 11.5 Å². The van der Waals surface area contributed by atoms with Crippen molar-refractivity contribution in [2.24, 2.45) is 38.0 Å². The number of rotatable bonds is 7. The van der Waals surface area contributed by atoms with E-state index in [2.05, 4.69) is 32.6 Å². The summed E-state index contributed by atoms with van der Waals surface area (Å²) in [4.78, 5) is 0. The van der Waals surface area contributed by atoms with Gasteiger partial charge in [0.1, 0.15) is 0 Å². The van der Waals surface area contributed by atoms with E-state index in [0.717, 1.165) is 12.8 Å². The van der Waals surface area contributed by atoms with E-state index in [-0.39, 0.29) is 10.3 Å². The van der Waals surface area contributed by atoms with Gasteiger partial charge in [0.05, 0.1) is 0 Å². The van der Waals surface area contributed by atoms with E-state index in [9.17, 15) is 0 Å². The first kappa shape index (κ1) is 19.1. The molecule has 0 aliphatic carbocycles. The van der Waals surface area contributed by atoms with Crippen LogP contribution in [-0.2, 0) is 6.42 Å². The Bertz CT molecular complexity index is 518. The summed E-state index contributed by atoms with van der Waals surface area (Å²) in [7, 11) is 0. The van der Waals surface area contributed by atoms with Crippen LogP contribution < -0.4 is 11.7 Å². The molecule has 8 nitrogen and oxygen atoms in total. The average molecular weight is 352 g/mol. The van der Waals surface area contributed by atoms with Crippen LogP contribution in [0.4, 0.5) is 0 Å². The molecule has 124 valence electrons. The molecule has 0 amide bonds. The summed E-state index contributed by atoms with van der Waals surface area (Å²) < 4.78 is 0. The number of aryl methyl sites for hydroxylation is 1. The minimum Gasteiger partial charge on any atom is -0.321 e. The number of nitrogens with two attached hydrogens (primary N) is 2. The van der Waals surface area contributed by atoms with E-state index < -0.39 is 0 Å². The molecule has 0 unspecified atom stereocenters. The van der Waals surface area contributed by atoms with Crippen molar-refractivity contribution in [1.29, 1.82) is 11.1 Å². The molecule has 0 heterocycles. The van der Waals surface area contributed by atoms with Crippen LogP contribution in [0.5, 0.6) is 0 Å². The van der Waals surface area contributed by atoms with Crippen LogP contribution in [0.25, 0.3) is 0 Å². The van der Waals surface area contributed by atoms with Crippen LogP contribution in [0.15, 0.2) is 50.8 Å². The Kier molecular flexibility index (Phi) is 9.64. The summed E-state index contributed by atoms with van der Waals surface area (Å²) in [6.45, 7) is 0. The van der Waals surface area contributed by atoms with Crippen LogP contribution in [0.1, 0.15) is 12.0 Å². The van der Waals surface area contributed by atoms with Gasteiger partial charge in [0.15, 0.2) is 0 Å². The van der Waals surface area contributed by atoms with Crippen molar-refractivity contribution in [1.82, 2.24) is 0 Å². The summed E-state index contributed by atoms with van der Waals surface area (Å²) in [6, 6.07) is 10.2. The standard InChI is InChI=1S/C13H20N8S2/c14-18-12(19-15)22-8-11(9-23-13(20-16)21-17)7-6-10-4-2-1-3-5-10/h1-5,11,14,16H,6-9,15,17H2. The van der Waals surface area contributed by atoms with Gasteiger partial charge in [-0.2, -0.15) is 10.2 Å². The van der Waals surface area contributed by atoms with Crippen molar-refractivity contribution in [3.63, 3.8) is 0 Å². The van der Waals surface area contributed by atoms with Gasteiger partial charge in [-0.15, -0.1) is 10.2 Å². The molecule has 0 saturated heterocycles. The molecule has 0 atom stereocenters. The Morgan fingerprint density at radius 3 is 1.91 bits per heavy atom. The molecule has 0 aliphatic rings. The summed E-state index contributed by atoms with van der Waals surface area (Å²) >= 11 is 2.68.